The average molecular weight is 356 g/mol. The number of carbonyl (C=O) groups excluding carboxylic acids is 1. The number of ether oxygens (including phenoxy) is 1. The molecule has 144 valence electrons. The number of unbranched alkanes of at least 4 members (excludes halogenated alkanes) is 4. The van der Waals surface area contributed by atoms with Crippen LogP contribution < -0.4 is 0 Å². The number of fused-ring (bicyclic) bond motifs is 2. The molecule has 0 aromatic rings. The van der Waals surface area contributed by atoms with Crippen molar-refractivity contribution in [1.82, 2.24) is 0 Å². The second-order valence-corrected chi connectivity index (χ2v) is 7.07. The van der Waals surface area contributed by atoms with Crippen molar-refractivity contribution in [2.75, 3.05) is 7.11 Å². The lowest BCUT2D eigenvalue weighted by molar-refractivity contribution is -0.336. The van der Waals surface area contributed by atoms with Gasteiger partial charge < -0.3 is 4.74 Å². The summed E-state index contributed by atoms with van der Waals surface area (Å²) in [6, 6.07) is 0. The predicted octanol–water partition coefficient (Wildman–Crippen LogP) is 4.05. The number of carbonyl (C=O) groups is 1. The zero-order valence-corrected chi connectivity index (χ0v) is 15.4. The van der Waals surface area contributed by atoms with Crippen molar-refractivity contribution in [3.05, 3.63) is 12.2 Å². The molecule has 0 amide bonds. The van der Waals surface area contributed by atoms with E-state index in [2.05, 4.69) is 22.6 Å². The molecule has 1 heterocycles. The number of rotatable bonds is 12. The molecule has 0 aromatic heterocycles. The van der Waals surface area contributed by atoms with Crippen molar-refractivity contribution in [2.45, 2.75) is 83.0 Å². The number of methoxy groups -OCH3 is 1. The molecule has 2 rings (SSSR count). The van der Waals surface area contributed by atoms with Gasteiger partial charge in [-0.1, -0.05) is 51.2 Å². The molecule has 1 N–H and O–H groups in total. The lowest BCUT2D eigenvalue weighted by Crippen LogP contribution is -2.28. The predicted molar refractivity (Wildman–Crippen MR) is 92.6 cm³/mol. The van der Waals surface area contributed by atoms with Crippen LogP contribution in [0, 0.1) is 11.8 Å². The number of hydrogen-bond donors (Lipinski definition) is 1. The Balaban J connectivity index is 1.61. The normalized spacial score (nSPS) is 29.4. The van der Waals surface area contributed by atoms with Gasteiger partial charge in [0.2, 0.25) is 0 Å². The summed E-state index contributed by atoms with van der Waals surface area (Å²) in [7, 11) is 1.42. The Bertz CT molecular complexity index is 424. The van der Waals surface area contributed by atoms with Gasteiger partial charge in [0.1, 0.15) is 12.2 Å². The highest BCUT2D eigenvalue weighted by atomic mass is 17.2. The van der Waals surface area contributed by atoms with Crippen LogP contribution in [0.1, 0.15) is 64.7 Å². The van der Waals surface area contributed by atoms with E-state index in [9.17, 15) is 4.79 Å². The molecule has 0 spiro atoms. The quantitative estimate of drug-likeness (QED) is 0.187. The largest absolute Gasteiger partial charge is 0.469 e. The third-order valence-corrected chi connectivity index (χ3v) is 5.42. The van der Waals surface area contributed by atoms with E-state index in [1.54, 1.807) is 0 Å². The Hall–Kier alpha value is -0.950. The van der Waals surface area contributed by atoms with E-state index in [-0.39, 0.29) is 24.3 Å². The summed E-state index contributed by atoms with van der Waals surface area (Å²) in [4.78, 5) is 26.3. The fraction of sp³-hybridized carbons (Fsp3) is 0.842. The van der Waals surface area contributed by atoms with E-state index in [4.69, 9.17) is 15.0 Å². The molecule has 1 saturated carbocycles. The Morgan fingerprint density at radius 3 is 2.64 bits per heavy atom. The summed E-state index contributed by atoms with van der Waals surface area (Å²) in [5.41, 5.74) is 0. The van der Waals surface area contributed by atoms with Gasteiger partial charge in [-0.2, -0.15) is 0 Å². The van der Waals surface area contributed by atoms with Crippen LogP contribution >= 0.6 is 0 Å². The standard InChI is InChI=1S/C19H32O6/c1-3-15-16(18-13-17(15)24-25-18)12-11-14(23-21)9-7-5-4-6-8-10-19(20)22-2/h11-12,14-18,21H,3-10,13H2,1-2H3. The van der Waals surface area contributed by atoms with Crippen LogP contribution in [0.15, 0.2) is 12.2 Å². The molecule has 1 aliphatic carbocycles. The highest BCUT2D eigenvalue weighted by molar-refractivity contribution is 5.68. The van der Waals surface area contributed by atoms with Crippen molar-refractivity contribution in [3.63, 3.8) is 0 Å². The van der Waals surface area contributed by atoms with Crippen molar-refractivity contribution in [1.29, 1.82) is 0 Å². The maximum atomic E-state index is 11.0. The van der Waals surface area contributed by atoms with Crippen LogP contribution in [0.4, 0.5) is 0 Å². The summed E-state index contributed by atoms with van der Waals surface area (Å²) in [6.07, 6.45) is 12.5. The van der Waals surface area contributed by atoms with Gasteiger partial charge >= 0.3 is 5.97 Å². The van der Waals surface area contributed by atoms with Gasteiger partial charge in [-0.3, -0.25) is 10.1 Å². The molecular formula is C19H32O6. The van der Waals surface area contributed by atoms with Crippen LogP contribution in [-0.2, 0) is 24.2 Å². The van der Waals surface area contributed by atoms with Crippen LogP contribution in [0.2, 0.25) is 0 Å². The molecule has 5 unspecified atom stereocenters. The van der Waals surface area contributed by atoms with Gasteiger partial charge in [0.05, 0.1) is 13.2 Å². The fourth-order valence-electron chi connectivity index (χ4n) is 3.93. The summed E-state index contributed by atoms with van der Waals surface area (Å²) < 4.78 is 4.62. The summed E-state index contributed by atoms with van der Waals surface area (Å²) in [5.74, 6) is 0.697. The van der Waals surface area contributed by atoms with E-state index >= 15 is 0 Å². The first-order chi connectivity index (χ1) is 12.2. The molecule has 5 atom stereocenters. The lowest BCUT2D eigenvalue weighted by atomic mass is 9.90. The van der Waals surface area contributed by atoms with Gasteiger partial charge in [-0.25, -0.2) is 14.7 Å². The summed E-state index contributed by atoms with van der Waals surface area (Å²) in [5, 5.41) is 9.13. The third-order valence-electron chi connectivity index (χ3n) is 5.42. The minimum absolute atomic E-state index is 0.139. The molecule has 6 nitrogen and oxygen atoms in total. The van der Waals surface area contributed by atoms with Crippen molar-refractivity contribution in [2.24, 2.45) is 11.8 Å². The fourth-order valence-corrected chi connectivity index (χ4v) is 3.93. The van der Waals surface area contributed by atoms with Crippen molar-refractivity contribution >= 4 is 5.97 Å². The highest BCUT2D eigenvalue weighted by Gasteiger charge is 2.48. The molecule has 1 aliphatic heterocycles. The highest BCUT2D eigenvalue weighted by Crippen LogP contribution is 2.44. The van der Waals surface area contributed by atoms with Crippen LogP contribution in [0.3, 0.4) is 0 Å². The molecule has 0 radical (unpaired) electrons. The van der Waals surface area contributed by atoms with E-state index in [1.807, 2.05) is 6.08 Å². The van der Waals surface area contributed by atoms with Crippen LogP contribution in [0.5, 0.6) is 0 Å². The SMILES string of the molecule is CCC1C2CC(OO2)C1C=CC(CCCCCCCC(=O)OC)OO. The molecule has 1 saturated heterocycles. The maximum absolute atomic E-state index is 11.0. The molecule has 2 fully saturated rings. The monoisotopic (exact) mass is 356 g/mol. The summed E-state index contributed by atoms with van der Waals surface area (Å²) in [6.45, 7) is 2.18. The van der Waals surface area contributed by atoms with Crippen molar-refractivity contribution < 1.29 is 29.5 Å². The topological polar surface area (TPSA) is 74.2 Å². The molecule has 2 aliphatic rings. The van der Waals surface area contributed by atoms with Gasteiger partial charge in [-0.05, 0) is 18.8 Å². The molecule has 25 heavy (non-hydrogen) atoms. The van der Waals surface area contributed by atoms with Crippen LogP contribution in [0.25, 0.3) is 0 Å². The number of esters is 1. The third kappa shape index (κ3) is 6.06. The molecule has 2 bridgehead atoms. The lowest BCUT2D eigenvalue weighted by Gasteiger charge is -2.27. The second kappa shape index (κ2) is 10.9. The Labute approximate surface area is 150 Å². The minimum Gasteiger partial charge on any atom is -0.469 e. The molecule has 6 heteroatoms. The Morgan fingerprint density at radius 2 is 1.92 bits per heavy atom. The summed E-state index contributed by atoms with van der Waals surface area (Å²) >= 11 is 0. The van der Waals surface area contributed by atoms with Gasteiger partial charge in [0.15, 0.2) is 0 Å². The Morgan fingerprint density at radius 1 is 1.20 bits per heavy atom. The van der Waals surface area contributed by atoms with Gasteiger partial charge in [0.25, 0.3) is 0 Å². The average Bonchev–Trinajstić information content (AvgIpc) is 3.24. The minimum atomic E-state index is -0.271. The van der Waals surface area contributed by atoms with Gasteiger partial charge in [-0.15, -0.1) is 0 Å². The molecule has 0 aromatic carbocycles. The van der Waals surface area contributed by atoms with E-state index in [0.29, 0.717) is 18.3 Å². The van der Waals surface area contributed by atoms with Gasteiger partial charge in [0, 0.05) is 18.8 Å². The first-order valence-electron chi connectivity index (χ1n) is 9.57. The van der Waals surface area contributed by atoms with Crippen molar-refractivity contribution in [3.8, 4) is 0 Å². The van der Waals surface area contributed by atoms with E-state index < -0.39 is 0 Å². The number of hydrogen-bond acceptors (Lipinski definition) is 6. The zero-order valence-electron chi connectivity index (χ0n) is 15.4. The second-order valence-electron chi connectivity index (χ2n) is 7.07. The first kappa shape index (κ1) is 20.4. The zero-order chi connectivity index (χ0) is 18.1. The molecular weight excluding hydrogens is 324 g/mol. The van der Waals surface area contributed by atoms with Crippen LogP contribution in [-0.4, -0.2) is 36.6 Å². The first-order valence-corrected chi connectivity index (χ1v) is 9.57. The maximum Gasteiger partial charge on any atom is 0.305 e. The Kier molecular flexibility index (Phi) is 8.89. The van der Waals surface area contributed by atoms with E-state index in [0.717, 1.165) is 51.4 Å². The van der Waals surface area contributed by atoms with E-state index in [1.165, 1.54) is 7.11 Å². The smallest absolute Gasteiger partial charge is 0.305 e.